The highest BCUT2D eigenvalue weighted by Crippen LogP contribution is 2.31. The van der Waals surface area contributed by atoms with E-state index in [1.807, 2.05) is 0 Å². The Labute approximate surface area is 209 Å². The fourth-order valence-corrected chi connectivity index (χ4v) is 3.64. The standard InChI is InChI=1S/C25H16Cl2N2O6/c1-34-24(32)14-7-11-19(12-8-14)35-25(33)15-5-9-17(10-6-15)28-21-20(27)22(30)29(23(21)31)18-4-2-3-16(26)13-18/h2-13,28H,1H3. The number of benzene rings is 3. The molecule has 0 spiro atoms. The maximum absolute atomic E-state index is 12.9. The predicted molar refractivity (Wildman–Crippen MR) is 130 cm³/mol. The molecule has 0 atom stereocenters. The Morgan fingerprint density at radius 3 is 2.09 bits per heavy atom. The van der Waals surface area contributed by atoms with E-state index >= 15 is 0 Å². The molecule has 0 saturated carbocycles. The number of hydrogen-bond acceptors (Lipinski definition) is 7. The highest BCUT2D eigenvalue weighted by molar-refractivity contribution is 6.53. The zero-order chi connectivity index (χ0) is 25.1. The molecule has 1 aliphatic rings. The van der Waals surface area contributed by atoms with Gasteiger partial charge in [-0.3, -0.25) is 9.59 Å². The Balaban J connectivity index is 1.44. The Bertz CT molecular complexity index is 1370. The monoisotopic (exact) mass is 510 g/mol. The van der Waals surface area contributed by atoms with Gasteiger partial charge in [-0.1, -0.05) is 29.3 Å². The number of halogens is 2. The van der Waals surface area contributed by atoms with E-state index in [9.17, 15) is 19.2 Å². The molecule has 0 radical (unpaired) electrons. The largest absolute Gasteiger partial charge is 0.465 e. The van der Waals surface area contributed by atoms with Crippen LogP contribution < -0.4 is 15.0 Å². The van der Waals surface area contributed by atoms with Crippen molar-refractivity contribution in [2.45, 2.75) is 0 Å². The Morgan fingerprint density at radius 2 is 1.46 bits per heavy atom. The molecule has 0 bridgehead atoms. The summed E-state index contributed by atoms with van der Waals surface area (Å²) in [6, 6.07) is 18.2. The van der Waals surface area contributed by atoms with Crippen molar-refractivity contribution in [1.29, 1.82) is 0 Å². The molecule has 4 rings (SSSR count). The maximum Gasteiger partial charge on any atom is 0.343 e. The summed E-state index contributed by atoms with van der Waals surface area (Å²) in [6.07, 6.45) is 0. The zero-order valence-corrected chi connectivity index (χ0v) is 19.6. The number of hydrogen-bond donors (Lipinski definition) is 1. The minimum Gasteiger partial charge on any atom is -0.465 e. The van der Waals surface area contributed by atoms with Crippen LogP contribution in [0.1, 0.15) is 20.7 Å². The van der Waals surface area contributed by atoms with Gasteiger partial charge in [-0.15, -0.1) is 0 Å². The van der Waals surface area contributed by atoms with Gasteiger partial charge in [0.25, 0.3) is 11.8 Å². The molecule has 3 aromatic rings. The Hall–Kier alpha value is -4.14. The second-order valence-corrected chi connectivity index (χ2v) is 8.04. The van der Waals surface area contributed by atoms with Crippen LogP contribution in [0, 0.1) is 0 Å². The first-order chi connectivity index (χ1) is 16.8. The second kappa shape index (κ2) is 10.0. The second-order valence-electron chi connectivity index (χ2n) is 7.22. The van der Waals surface area contributed by atoms with Gasteiger partial charge < -0.3 is 14.8 Å². The van der Waals surface area contributed by atoms with Gasteiger partial charge in [0.15, 0.2) is 0 Å². The van der Waals surface area contributed by atoms with Crippen LogP contribution in [0.25, 0.3) is 0 Å². The number of methoxy groups -OCH3 is 1. The van der Waals surface area contributed by atoms with Crippen molar-refractivity contribution in [2.75, 3.05) is 17.3 Å². The van der Waals surface area contributed by atoms with E-state index in [0.717, 1.165) is 4.90 Å². The number of imide groups is 1. The molecule has 176 valence electrons. The first-order valence-corrected chi connectivity index (χ1v) is 10.9. The van der Waals surface area contributed by atoms with Crippen molar-refractivity contribution >= 4 is 58.3 Å². The van der Waals surface area contributed by atoms with E-state index in [2.05, 4.69) is 10.1 Å². The molecule has 10 heteroatoms. The molecule has 0 saturated heterocycles. The fourth-order valence-electron chi connectivity index (χ4n) is 3.24. The minimum atomic E-state index is -0.681. The molecule has 3 aromatic carbocycles. The fraction of sp³-hybridized carbons (Fsp3) is 0.0400. The predicted octanol–water partition coefficient (Wildman–Crippen LogP) is 4.78. The summed E-state index contributed by atoms with van der Waals surface area (Å²) >= 11 is 12.1. The number of carbonyl (C=O) groups excluding carboxylic acids is 4. The van der Waals surface area contributed by atoms with Crippen molar-refractivity contribution in [3.8, 4) is 5.75 Å². The molecule has 0 aromatic heterocycles. The molecule has 1 heterocycles. The minimum absolute atomic E-state index is 0.0994. The normalized spacial score (nSPS) is 13.2. The lowest BCUT2D eigenvalue weighted by atomic mass is 10.2. The lowest BCUT2D eigenvalue weighted by molar-refractivity contribution is -0.120. The molecule has 0 fully saturated rings. The van der Waals surface area contributed by atoms with Crippen LogP contribution in [0.5, 0.6) is 5.75 Å². The molecular formula is C25H16Cl2N2O6. The Kier molecular flexibility index (Phi) is 6.86. The number of nitrogens with zero attached hydrogens (tertiary/aromatic N) is 1. The molecule has 2 amide bonds. The quantitative estimate of drug-likeness (QED) is 0.289. The van der Waals surface area contributed by atoms with Gasteiger partial charge in [-0.25, -0.2) is 14.5 Å². The number of esters is 2. The third-order valence-electron chi connectivity index (χ3n) is 4.97. The summed E-state index contributed by atoms with van der Waals surface area (Å²) in [4.78, 5) is 50.3. The van der Waals surface area contributed by atoms with E-state index in [0.29, 0.717) is 22.0 Å². The summed E-state index contributed by atoms with van der Waals surface area (Å²) in [6.45, 7) is 0. The number of nitrogens with one attached hydrogen (secondary N) is 1. The summed E-state index contributed by atoms with van der Waals surface area (Å²) in [7, 11) is 1.27. The van der Waals surface area contributed by atoms with Crippen LogP contribution in [0.3, 0.4) is 0 Å². The highest BCUT2D eigenvalue weighted by Gasteiger charge is 2.39. The third-order valence-corrected chi connectivity index (χ3v) is 5.56. The van der Waals surface area contributed by atoms with Crippen molar-refractivity contribution in [3.63, 3.8) is 0 Å². The van der Waals surface area contributed by atoms with Crippen molar-refractivity contribution in [1.82, 2.24) is 0 Å². The van der Waals surface area contributed by atoms with Gasteiger partial charge in [0.1, 0.15) is 16.5 Å². The van der Waals surface area contributed by atoms with Gasteiger partial charge in [-0.05, 0) is 66.7 Å². The molecule has 1 N–H and O–H groups in total. The summed E-state index contributed by atoms with van der Waals surface area (Å²) < 4.78 is 9.93. The van der Waals surface area contributed by atoms with E-state index in [1.165, 1.54) is 61.7 Å². The number of amides is 2. The molecule has 35 heavy (non-hydrogen) atoms. The first-order valence-electron chi connectivity index (χ1n) is 10.1. The Morgan fingerprint density at radius 1 is 0.829 bits per heavy atom. The van der Waals surface area contributed by atoms with Crippen molar-refractivity contribution < 1.29 is 28.7 Å². The number of anilines is 2. The topological polar surface area (TPSA) is 102 Å². The number of carbonyl (C=O) groups is 4. The van der Waals surface area contributed by atoms with Gasteiger partial charge in [0.2, 0.25) is 0 Å². The summed E-state index contributed by atoms with van der Waals surface area (Å²) in [5.41, 5.74) is 1.18. The first kappa shape index (κ1) is 24.0. The average molecular weight is 511 g/mol. The lowest BCUT2D eigenvalue weighted by Crippen LogP contribution is -2.32. The average Bonchev–Trinajstić information content (AvgIpc) is 3.07. The van der Waals surface area contributed by atoms with Gasteiger partial charge in [0.05, 0.1) is 23.9 Å². The molecular weight excluding hydrogens is 495 g/mol. The molecule has 0 unspecified atom stereocenters. The van der Waals surface area contributed by atoms with E-state index in [-0.39, 0.29) is 22.0 Å². The van der Waals surface area contributed by atoms with Gasteiger partial charge in [0, 0.05) is 10.7 Å². The SMILES string of the molecule is COC(=O)c1ccc(OC(=O)c2ccc(NC3=C(Cl)C(=O)N(c4cccc(Cl)c4)C3=O)cc2)cc1. The van der Waals surface area contributed by atoms with Crippen molar-refractivity contribution in [3.05, 3.63) is 99.7 Å². The van der Waals surface area contributed by atoms with Crippen molar-refractivity contribution in [2.24, 2.45) is 0 Å². The van der Waals surface area contributed by atoms with Crippen LogP contribution in [0.15, 0.2) is 83.5 Å². The lowest BCUT2D eigenvalue weighted by Gasteiger charge is -2.15. The van der Waals surface area contributed by atoms with Crippen LogP contribution in [-0.4, -0.2) is 30.9 Å². The van der Waals surface area contributed by atoms with Crippen LogP contribution in [0.2, 0.25) is 5.02 Å². The van der Waals surface area contributed by atoms with E-state index < -0.39 is 23.8 Å². The van der Waals surface area contributed by atoms with Gasteiger partial charge in [-0.2, -0.15) is 0 Å². The maximum atomic E-state index is 12.9. The van der Waals surface area contributed by atoms with Gasteiger partial charge >= 0.3 is 11.9 Å². The summed E-state index contributed by atoms with van der Waals surface area (Å²) in [5, 5.41) is 2.92. The third kappa shape index (κ3) is 5.03. The molecule has 0 aliphatic carbocycles. The van der Waals surface area contributed by atoms with Crippen LogP contribution in [-0.2, 0) is 14.3 Å². The molecule has 8 nitrogen and oxygen atoms in total. The number of ether oxygens (including phenoxy) is 2. The summed E-state index contributed by atoms with van der Waals surface area (Å²) in [5.74, 6) is -2.20. The number of rotatable bonds is 6. The van der Waals surface area contributed by atoms with Crippen LogP contribution >= 0.6 is 23.2 Å². The van der Waals surface area contributed by atoms with Crippen LogP contribution in [0.4, 0.5) is 11.4 Å². The van der Waals surface area contributed by atoms with E-state index in [4.69, 9.17) is 27.9 Å². The smallest absolute Gasteiger partial charge is 0.343 e. The molecule has 1 aliphatic heterocycles. The highest BCUT2D eigenvalue weighted by atomic mass is 35.5. The van der Waals surface area contributed by atoms with E-state index in [1.54, 1.807) is 18.2 Å². The zero-order valence-electron chi connectivity index (χ0n) is 18.1.